The predicted octanol–water partition coefficient (Wildman–Crippen LogP) is 3.50. The van der Waals surface area contributed by atoms with Gasteiger partial charge in [-0.25, -0.2) is 0 Å². The molecule has 3 rings (SSSR count). The molecule has 0 amide bonds. The van der Waals surface area contributed by atoms with Crippen molar-refractivity contribution in [2.24, 2.45) is 0 Å². The van der Waals surface area contributed by atoms with Gasteiger partial charge in [0.2, 0.25) is 0 Å². The Bertz CT molecular complexity index is 755. The average molecular weight is 283 g/mol. The van der Waals surface area contributed by atoms with E-state index >= 15 is 0 Å². The fourth-order valence-corrected chi connectivity index (χ4v) is 2.81. The highest BCUT2D eigenvalue weighted by atomic mass is 35.5. The molecule has 0 radical (unpaired) electrons. The molecule has 0 saturated heterocycles. The third-order valence-electron chi connectivity index (χ3n) is 2.44. The lowest BCUT2D eigenvalue weighted by atomic mass is 10.2. The molecule has 1 N–H and O–H groups in total. The molecule has 7 heteroatoms. The lowest BCUT2D eigenvalue weighted by Crippen LogP contribution is -1.95. The second kappa shape index (κ2) is 3.90. The van der Waals surface area contributed by atoms with E-state index in [9.17, 15) is 0 Å². The summed E-state index contributed by atoms with van der Waals surface area (Å²) < 4.78 is 10.9. The first-order valence-electron chi connectivity index (χ1n) is 4.86. The van der Waals surface area contributed by atoms with E-state index in [0.29, 0.717) is 9.79 Å². The Hall–Kier alpha value is -1.24. The minimum atomic E-state index is 0.602. The largest absolute Gasteiger partial charge is 0.335 e. The topological polar surface area (TPSA) is 46.5 Å². The molecular weight excluding hydrogens is 276 g/mol. The van der Waals surface area contributed by atoms with Crippen LogP contribution in [0.25, 0.3) is 16.7 Å². The van der Waals surface area contributed by atoms with Gasteiger partial charge in [-0.1, -0.05) is 11.6 Å². The molecule has 0 aliphatic carbocycles. The Morgan fingerprint density at radius 1 is 1.41 bits per heavy atom. The summed E-state index contributed by atoms with van der Waals surface area (Å²) in [4.78, 5) is 3.06. The van der Waals surface area contributed by atoms with Crippen molar-refractivity contribution in [3.63, 3.8) is 0 Å². The maximum atomic E-state index is 6.23. The first-order valence-corrected chi connectivity index (χ1v) is 6.38. The Kier molecular flexibility index (Phi) is 2.50. The zero-order valence-corrected chi connectivity index (χ0v) is 11.2. The van der Waals surface area contributed by atoms with Crippen molar-refractivity contribution in [3.8, 4) is 5.69 Å². The first-order chi connectivity index (χ1) is 8.16. The van der Waals surface area contributed by atoms with Crippen molar-refractivity contribution in [2.75, 3.05) is 0 Å². The highest BCUT2D eigenvalue weighted by Crippen LogP contribution is 2.28. The molecule has 2 aromatic heterocycles. The average Bonchev–Trinajstić information content (AvgIpc) is 2.85. The number of imidazole rings is 1. The van der Waals surface area contributed by atoms with Gasteiger partial charge in [-0.15, -0.1) is 0 Å². The fourth-order valence-electron chi connectivity index (χ4n) is 1.72. The van der Waals surface area contributed by atoms with Crippen molar-refractivity contribution in [2.45, 2.75) is 6.92 Å². The van der Waals surface area contributed by atoms with Crippen LogP contribution in [0.2, 0.25) is 5.02 Å². The van der Waals surface area contributed by atoms with Gasteiger partial charge in [0, 0.05) is 11.9 Å². The van der Waals surface area contributed by atoms with Crippen molar-refractivity contribution in [3.05, 3.63) is 33.8 Å². The van der Waals surface area contributed by atoms with Gasteiger partial charge in [-0.05, 0) is 31.3 Å². The summed E-state index contributed by atoms with van der Waals surface area (Å²) in [6.07, 6.45) is 1.91. The van der Waals surface area contributed by atoms with E-state index < -0.39 is 0 Å². The third kappa shape index (κ3) is 1.69. The number of aromatic amines is 1. The standard InChI is InChI=1S/C10H7ClN4S2/c1-5-4-15(10(16)12-5)9-6(11)2-3-7-8(9)14-17-13-7/h2-4H,1H3,(H,12,16). The minimum Gasteiger partial charge on any atom is -0.335 e. The molecule has 0 fully saturated rings. The third-order valence-corrected chi connectivity index (χ3v) is 3.58. The number of aryl methyl sites for hydroxylation is 1. The molecule has 86 valence electrons. The highest BCUT2D eigenvalue weighted by Gasteiger charge is 2.12. The van der Waals surface area contributed by atoms with E-state index in [1.807, 2.05) is 29.8 Å². The van der Waals surface area contributed by atoms with Crippen LogP contribution in [0, 0.1) is 11.7 Å². The van der Waals surface area contributed by atoms with Crippen molar-refractivity contribution >= 4 is 46.6 Å². The lowest BCUT2D eigenvalue weighted by molar-refractivity contribution is 1.04. The van der Waals surface area contributed by atoms with Gasteiger partial charge >= 0.3 is 0 Å². The Morgan fingerprint density at radius 2 is 2.24 bits per heavy atom. The van der Waals surface area contributed by atoms with Crippen LogP contribution in [-0.4, -0.2) is 18.3 Å². The second-order valence-corrected chi connectivity index (χ2v) is 4.96. The van der Waals surface area contributed by atoms with Crippen molar-refractivity contribution in [1.82, 2.24) is 18.3 Å². The molecule has 17 heavy (non-hydrogen) atoms. The molecule has 0 saturated carbocycles. The van der Waals surface area contributed by atoms with Gasteiger partial charge in [0.1, 0.15) is 11.0 Å². The summed E-state index contributed by atoms with van der Waals surface area (Å²) >= 11 is 12.7. The van der Waals surface area contributed by atoms with Gasteiger partial charge in [0.05, 0.1) is 22.4 Å². The number of fused-ring (bicyclic) bond motifs is 1. The number of hydrogen-bond donors (Lipinski definition) is 1. The Morgan fingerprint density at radius 3 is 2.94 bits per heavy atom. The number of aromatic nitrogens is 4. The number of nitrogens with zero attached hydrogens (tertiary/aromatic N) is 3. The van der Waals surface area contributed by atoms with E-state index in [4.69, 9.17) is 23.8 Å². The van der Waals surface area contributed by atoms with Gasteiger partial charge in [-0.3, -0.25) is 4.57 Å². The summed E-state index contributed by atoms with van der Waals surface area (Å²) in [5, 5.41) is 0.611. The van der Waals surface area contributed by atoms with E-state index in [0.717, 1.165) is 22.4 Å². The van der Waals surface area contributed by atoms with Crippen LogP contribution in [0.3, 0.4) is 0 Å². The first kappa shape index (κ1) is 10.9. The van der Waals surface area contributed by atoms with E-state index in [2.05, 4.69) is 13.7 Å². The van der Waals surface area contributed by atoms with Crippen LogP contribution in [0.1, 0.15) is 5.69 Å². The monoisotopic (exact) mass is 282 g/mol. The molecular formula is C10H7ClN4S2. The number of hydrogen-bond acceptors (Lipinski definition) is 4. The highest BCUT2D eigenvalue weighted by molar-refractivity contribution is 7.71. The minimum absolute atomic E-state index is 0.602. The maximum absolute atomic E-state index is 6.23. The van der Waals surface area contributed by atoms with Crippen LogP contribution in [-0.2, 0) is 0 Å². The summed E-state index contributed by atoms with van der Waals surface area (Å²) in [6.45, 7) is 1.94. The quantitative estimate of drug-likeness (QED) is 0.695. The van der Waals surface area contributed by atoms with Crippen molar-refractivity contribution in [1.29, 1.82) is 0 Å². The van der Waals surface area contributed by atoms with Crippen LogP contribution in [0.15, 0.2) is 18.3 Å². The normalized spacial score (nSPS) is 11.2. The number of nitrogens with one attached hydrogen (secondary N) is 1. The molecule has 0 aliphatic rings. The Balaban J connectivity index is 2.43. The summed E-state index contributed by atoms with van der Waals surface area (Å²) in [5.74, 6) is 0. The van der Waals surface area contributed by atoms with Gasteiger partial charge < -0.3 is 4.98 Å². The van der Waals surface area contributed by atoms with Crippen molar-refractivity contribution < 1.29 is 0 Å². The molecule has 0 spiro atoms. The predicted molar refractivity (Wildman–Crippen MR) is 71.7 cm³/mol. The molecule has 3 aromatic rings. The number of H-pyrrole nitrogens is 1. The molecule has 1 aromatic carbocycles. The summed E-state index contributed by atoms with van der Waals surface area (Å²) in [7, 11) is 0. The SMILES string of the molecule is Cc1cn(-c2c(Cl)ccc3nsnc23)c(=S)[nH]1. The lowest BCUT2D eigenvalue weighted by Gasteiger charge is -2.05. The van der Waals surface area contributed by atoms with Crippen LogP contribution in [0.4, 0.5) is 0 Å². The molecule has 0 unspecified atom stereocenters. The number of benzene rings is 1. The van der Waals surface area contributed by atoms with E-state index in [1.165, 1.54) is 11.7 Å². The van der Waals surface area contributed by atoms with E-state index in [-0.39, 0.29) is 0 Å². The maximum Gasteiger partial charge on any atom is 0.182 e. The number of halogens is 1. The summed E-state index contributed by atoms with van der Waals surface area (Å²) in [6, 6.07) is 3.67. The fraction of sp³-hybridized carbons (Fsp3) is 0.100. The van der Waals surface area contributed by atoms with Crippen LogP contribution in [0.5, 0.6) is 0 Å². The molecule has 0 atom stereocenters. The molecule has 0 aliphatic heterocycles. The molecule has 4 nitrogen and oxygen atoms in total. The smallest absolute Gasteiger partial charge is 0.182 e. The zero-order chi connectivity index (χ0) is 12.0. The zero-order valence-electron chi connectivity index (χ0n) is 8.77. The van der Waals surface area contributed by atoms with Crippen LogP contribution < -0.4 is 0 Å². The summed E-state index contributed by atoms with van der Waals surface area (Å²) in [5.41, 5.74) is 3.37. The number of rotatable bonds is 1. The van der Waals surface area contributed by atoms with E-state index in [1.54, 1.807) is 0 Å². The second-order valence-electron chi connectivity index (χ2n) is 3.64. The van der Waals surface area contributed by atoms with Gasteiger partial charge in [0.25, 0.3) is 0 Å². The van der Waals surface area contributed by atoms with Gasteiger partial charge in [0.15, 0.2) is 4.77 Å². The van der Waals surface area contributed by atoms with Gasteiger partial charge in [-0.2, -0.15) is 8.75 Å². The molecule has 0 bridgehead atoms. The molecule has 2 heterocycles. The van der Waals surface area contributed by atoms with Crippen LogP contribution >= 0.6 is 35.5 Å². The Labute approximate surface area is 111 Å².